The molecule has 0 amide bonds. The van der Waals surface area contributed by atoms with Crippen molar-refractivity contribution in [2.45, 2.75) is 90.8 Å². The normalized spacial score (nSPS) is 21.1. The molecular formula is C20H34BClO3Si. The Morgan fingerprint density at radius 2 is 1.58 bits per heavy atom. The molecule has 0 bridgehead atoms. The van der Waals surface area contributed by atoms with Gasteiger partial charge in [0, 0.05) is 5.02 Å². The summed E-state index contributed by atoms with van der Waals surface area (Å²) in [6.45, 7) is 21.5. The fourth-order valence-corrected chi connectivity index (χ4v) is 4.39. The number of rotatable bonds is 4. The van der Waals surface area contributed by atoms with Crippen LogP contribution in [0.3, 0.4) is 0 Å². The molecule has 1 saturated heterocycles. The second-order valence-corrected chi connectivity index (χ2v) is 15.1. The Bertz CT molecular complexity index is 652. The van der Waals surface area contributed by atoms with Crippen LogP contribution < -0.4 is 5.46 Å². The summed E-state index contributed by atoms with van der Waals surface area (Å²) in [6, 6.07) is 6.03. The lowest BCUT2D eigenvalue weighted by atomic mass is 9.78. The highest BCUT2D eigenvalue weighted by molar-refractivity contribution is 6.74. The van der Waals surface area contributed by atoms with Gasteiger partial charge in [0.1, 0.15) is 0 Å². The van der Waals surface area contributed by atoms with Gasteiger partial charge >= 0.3 is 7.12 Å². The van der Waals surface area contributed by atoms with Crippen LogP contribution in [-0.4, -0.2) is 26.6 Å². The number of halogens is 1. The van der Waals surface area contributed by atoms with Gasteiger partial charge in [-0.2, -0.15) is 0 Å². The predicted molar refractivity (Wildman–Crippen MR) is 114 cm³/mol. The van der Waals surface area contributed by atoms with Crippen molar-refractivity contribution in [1.82, 2.24) is 0 Å². The summed E-state index contributed by atoms with van der Waals surface area (Å²) in [4.78, 5) is 0. The molecule has 1 aromatic rings. The largest absolute Gasteiger partial charge is 0.494 e. The van der Waals surface area contributed by atoms with E-state index in [4.69, 9.17) is 25.3 Å². The second kappa shape index (κ2) is 6.93. The van der Waals surface area contributed by atoms with Crippen molar-refractivity contribution in [2.75, 3.05) is 0 Å². The van der Waals surface area contributed by atoms with Gasteiger partial charge in [-0.25, -0.2) is 0 Å². The summed E-state index contributed by atoms with van der Waals surface area (Å²) in [7, 11) is -2.26. The average Bonchev–Trinajstić information content (AvgIpc) is 2.65. The van der Waals surface area contributed by atoms with Crippen LogP contribution in [0.15, 0.2) is 18.2 Å². The molecule has 1 atom stereocenters. The van der Waals surface area contributed by atoms with E-state index < -0.39 is 15.4 Å². The van der Waals surface area contributed by atoms with Crippen molar-refractivity contribution >= 4 is 32.5 Å². The molecule has 0 unspecified atom stereocenters. The SMILES string of the molecule is C[C@H](O[Si](C)(C)C(C)(C)C)c1ccc(B2OC(C)(C)C(C)(C)O2)cc1Cl. The maximum atomic E-state index is 6.61. The molecule has 146 valence electrons. The molecule has 0 radical (unpaired) electrons. The van der Waals surface area contributed by atoms with Crippen molar-refractivity contribution in [3.05, 3.63) is 28.8 Å². The van der Waals surface area contributed by atoms with Gasteiger partial charge in [-0.05, 0) is 69.8 Å². The predicted octanol–water partition coefficient (Wildman–Crippen LogP) is 5.72. The zero-order valence-electron chi connectivity index (χ0n) is 18.0. The van der Waals surface area contributed by atoms with Crippen molar-refractivity contribution in [2.24, 2.45) is 0 Å². The lowest BCUT2D eigenvalue weighted by Gasteiger charge is -2.38. The highest BCUT2D eigenvalue weighted by Crippen LogP contribution is 2.41. The highest BCUT2D eigenvalue weighted by Gasteiger charge is 2.51. The van der Waals surface area contributed by atoms with Crippen molar-refractivity contribution in [3.8, 4) is 0 Å². The topological polar surface area (TPSA) is 27.7 Å². The number of hydrogen-bond donors (Lipinski definition) is 0. The smallest absolute Gasteiger partial charge is 0.410 e. The summed E-state index contributed by atoms with van der Waals surface area (Å²) in [5, 5.41) is 0.861. The molecule has 1 fully saturated rings. The molecule has 1 aliphatic rings. The molecule has 0 aromatic heterocycles. The summed E-state index contributed by atoms with van der Waals surface area (Å²) in [5.74, 6) is 0. The minimum absolute atomic E-state index is 0.0456. The molecule has 0 aliphatic carbocycles. The molecule has 26 heavy (non-hydrogen) atoms. The van der Waals surface area contributed by atoms with E-state index >= 15 is 0 Å². The molecule has 2 rings (SSSR count). The summed E-state index contributed by atoms with van der Waals surface area (Å²) >= 11 is 6.61. The fraction of sp³-hybridized carbons (Fsp3) is 0.700. The first-order valence-electron chi connectivity index (χ1n) is 9.40. The molecule has 1 heterocycles. The van der Waals surface area contributed by atoms with Gasteiger partial charge < -0.3 is 13.7 Å². The first-order valence-corrected chi connectivity index (χ1v) is 12.7. The van der Waals surface area contributed by atoms with E-state index in [2.05, 4.69) is 68.5 Å². The zero-order valence-corrected chi connectivity index (χ0v) is 19.7. The maximum Gasteiger partial charge on any atom is 0.494 e. The Hall–Kier alpha value is -0.328. The monoisotopic (exact) mass is 396 g/mol. The second-order valence-electron chi connectivity index (χ2n) is 9.89. The Balaban J connectivity index is 2.21. The zero-order chi connectivity index (χ0) is 20.1. The van der Waals surface area contributed by atoms with Crippen LogP contribution in [-0.2, 0) is 13.7 Å². The van der Waals surface area contributed by atoms with Crippen LogP contribution >= 0.6 is 11.6 Å². The lowest BCUT2D eigenvalue weighted by molar-refractivity contribution is 0.00578. The summed E-state index contributed by atoms with van der Waals surface area (Å²) in [6.07, 6.45) is -0.0456. The summed E-state index contributed by atoms with van der Waals surface area (Å²) in [5.41, 5.74) is 1.23. The van der Waals surface area contributed by atoms with Crippen molar-refractivity contribution in [3.63, 3.8) is 0 Å². The molecule has 6 heteroatoms. The van der Waals surface area contributed by atoms with Gasteiger partial charge in [-0.3, -0.25) is 0 Å². The van der Waals surface area contributed by atoms with Crippen molar-refractivity contribution in [1.29, 1.82) is 0 Å². The van der Waals surface area contributed by atoms with Gasteiger partial charge in [0.05, 0.1) is 17.3 Å². The lowest BCUT2D eigenvalue weighted by Crippen LogP contribution is -2.41. The molecular weight excluding hydrogens is 363 g/mol. The van der Waals surface area contributed by atoms with Crippen molar-refractivity contribution < 1.29 is 13.7 Å². The Morgan fingerprint density at radius 1 is 1.08 bits per heavy atom. The molecule has 0 spiro atoms. The quantitative estimate of drug-likeness (QED) is 0.609. The Kier molecular flexibility index (Phi) is 5.85. The highest BCUT2D eigenvalue weighted by atomic mass is 35.5. The molecule has 0 saturated carbocycles. The minimum Gasteiger partial charge on any atom is -0.410 e. The van der Waals surface area contributed by atoms with E-state index in [1.165, 1.54) is 0 Å². The number of hydrogen-bond acceptors (Lipinski definition) is 3. The Labute approximate surface area is 166 Å². The first-order chi connectivity index (χ1) is 11.6. The van der Waals surface area contributed by atoms with E-state index in [0.717, 1.165) is 11.0 Å². The third-order valence-electron chi connectivity index (χ3n) is 6.27. The molecule has 0 N–H and O–H groups in total. The van der Waals surface area contributed by atoms with E-state index in [-0.39, 0.29) is 22.3 Å². The van der Waals surface area contributed by atoms with Gasteiger partial charge in [0.15, 0.2) is 8.32 Å². The summed E-state index contributed by atoms with van der Waals surface area (Å²) < 4.78 is 18.7. The average molecular weight is 397 g/mol. The molecule has 1 aliphatic heterocycles. The van der Waals surface area contributed by atoms with E-state index in [1.807, 2.05) is 18.2 Å². The molecule has 1 aromatic carbocycles. The Morgan fingerprint density at radius 3 is 2.00 bits per heavy atom. The minimum atomic E-state index is -1.86. The standard InChI is InChI=1S/C20H34BClO3Si/c1-14(23-26(9,10)18(2,3)4)16-12-11-15(13-17(16)22)21-24-19(5,6)20(7,8)25-21/h11-14H,1-10H3/t14-/m0/s1. The third-order valence-corrected chi connectivity index (χ3v) is 11.1. The maximum absolute atomic E-state index is 6.61. The third kappa shape index (κ3) is 4.22. The van der Waals surface area contributed by atoms with E-state index in [0.29, 0.717) is 5.02 Å². The van der Waals surface area contributed by atoms with Crippen LogP contribution in [0.25, 0.3) is 0 Å². The van der Waals surface area contributed by atoms with Crippen LogP contribution in [0.2, 0.25) is 23.2 Å². The number of benzene rings is 1. The van der Waals surface area contributed by atoms with E-state index in [9.17, 15) is 0 Å². The van der Waals surface area contributed by atoms with Gasteiger partial charge in [0.25, 0.3) is 0 Å². The molecule has 3 nitrogen and oxygen atoms in total. The van der Waals surface area contributed by atoms with E-state index in [1.54, 1.807) is 0 Å². The fourth-order valence-electron chi connectivity index (χ4n) is 2.68. The van der Waals surface area contributed by atoms with Crippen LogP contribution in [0, 0.1) is 0 Å². The van der Waals surface area contributed by atoms with Crippen LogP contribution in [0.4, 0.5) is 0 Å². The van der Waals surface area contributed by atoms with Gasteiger partial charge in [0.2, 0.25) is 0 Å². The first kappa shape index (κ1) is 22.0. The van der Waals surface area contributed by atoms with Crippen LogP contribution in [0.5, 0.6) is 0 Å². The van der Waals surface area contributed by atoms with Gasteiger partial charge in [-0.1, -0.05) is 44.5 Å². The van der Waals surface area contributed by atoms with Crippen LogP contribution in [0.1, 0.15) is 67.1 Å². The van der Waals surface area contributed by atoms with Gasteiger partial charge in [-0.15, -0.1) is 0 Å².